The lowest BCUT2D eigenvalue weighted by molar-refractivity contribution is -0.113. The maximum absolute atomic E-state index is 10.3. The number of hydrogen-bond donors (Lipinski definition) is 0. The molecule has 0 aromatic heterocycles. The smallest absolute Gasteiger partial charge is 0.145 e. The van der Waals surface area contributed by atoms with Crippen LogP contribution in [0.3, 0.4) is 0 Å². The number of unbranched alkanes of at least 4 members (excludes halogenated alkanes) is 2. The minimum absolute atomic E-state index is 0.0972. The van der Waals surface area contributed by atoms with Crippen LogP contribution in [-0.4, -0.2) is 26.1 Å². The van der Waals surface area contributed by atoms with Gasteiger partial charge in [0, 0.05) is 0 Å². The summed E-state index contributed by atoms with van der Waals surface area (Å²) in [4.78, 5) is 10.3. The zero-order chi connectivity index (χ0) is 14.5. The van der Waals surface area contributed by atoms with E-state index in [-0.39, 0.29) is 12.7 Å². The molecule has 1 atom stereocenters. The second-order valence-corrected chi connectivity index (χ2v) is 4.27. The van der Waals surface area contributed by atoms with E-state index in [9.17, 15) is 4.79 Å². The minimum Gasteiger partial charge on any atom is -0.497 e. The molecule has 0 aliphatic carbocycles. The molecule has 0 aliphatic rings. The highest BCUT2D eigenvalue weighted by atomic mass is 16.5. The molecular weight excluding hydrogens is 240 g/mol. The summed E-state index contributed by atoms with van der Waals surface area (Å²) in [6, 6.07) is 0. The van der Waals surface area contributed by atoms with Crippen molar-refractivity contribution in [2.45, 2.75) is 45.6 Å². The van der Waals surface area contributed by atoms with Crippen LogP contribution in [-0.2, 0) is 14.3 Å². The molecule has 0 fully saturated rings. The van der Waals surface area contributed by atoms with Crippen LogP contribution in [0.4, 0.5) is 0 Å². The zero-order valence-corrected chi connectivity index (χ0v) is 12.4. The molecule has 108 valence electrons. The summed E-state index contributed by atoms with van der Waals surface area (Å²) in [5, 5.41) is 0. The van der Waals surface area contributed by atoms with Crippen LogP contribution >= 0.6 is 0 Å². The van der Waals surface area contributed by atoms with E-state index in [0.717, 1.165) is 30.5 Å². The van der Waals surface area contributed by atoms with Gasteiger partial charge in [-0.3, -0.25) is 0 Å². The second kappa shape index (κ2) is 11.7. The predicted octanol–water partition coefficient (Wildman–Crippen LogP) is 3.81. The van der Waals surface area contributed by atoms with Crippen molar-refractivity contribution in [1.82, 2.24) is 0 Å². The quantitative estimate of drug-likeness (QED) is 0.247. The van der Waals surface area contributed by atoms with Gasteiger partial charge in [-0.25, -0.2) is 0 Å². The average Bonchev–Trinajstić information content (AvgIpc) is 2.43. The van der Waals surface area contributed by atoms with Crippen molar-refractivity contribution in [3.05, 3.63) is 36.1 Å². The maximum Gasteiger partial charge on any atom is 0.145 e. The summed E-state index contributed by atoms with van der Waals surface area (Å²) in [7, 11) is 1.64. The van der Waals surface area contributed by atoms with Gasteiger partial charge in [0.25, 0.3) is 0 Å². The number of carbonyl (C=O) groups is 1. The second-order valence-electron chi connectivity index (χ2n) is 4.27. The third-order valence-corrected chi connectivity index (χ3v) is 2.72. The van der Waals surface area contributed by atoms with Crippen molar-refractivity contribution in [2.24, 2.45) is 0 Å². The normalized spacial score (nSPS) is 13.5. The van der Waals surface area contributed by atoms with E-state index in [1.807, 2.05) is 19.1 Å². The standard InChI is InChI=1S/C16H26O3/c1-5-7-8-9-10-15(18-4)13-14(3)16(6-2)19-12-11-17/h9-11,13,16H,3,5-8,12H2,1-2,4H3/b10-9-,15-13+. The van der Waals surface area contributed by atoms with E-state index in [0.29, 0.717) is 0 Å². The molecule has 0 rings (SSSR count). The van der Waals surface area contributed by atoms with Crippen molar-refractivity contribution in [3.63, 3.8) is 0 Å². The van der Waals surface area contributed by atoms with Crippen molar-refractivity contribution in [3.8, 4) is 0 Å². The molecule has 0 amide bonds. The first-order chi connectivity index (χ1) is 9.19. The molecule has 0 saturated heterocycles. The number of allylic oxidation sites excluding steroid dienone is 2. The molecule has 0 heterocycles. The Morgan fingerprint density at radius 1 is 1.37 bits per heavy atom. The van der Waals surface area contributed by atoms with Crippen LogP contribution in [0.1, 0.15) is 39.5 Å². The van der Waals surface area contributed by atoms with Crippen LogP contribution in [0.5, 0.6) is 0 Å². The zero-order valence-electron chi connectivity index (χ0n) is 12.4. The van der Waals surface area contributed by atoms with Gasteiger partial charge in [-0.05, 0) is 30.6 Å². The molecular formula is C16H26O3. The maximum atomic E-state index is 10.3. The van der Waals surface area contributed by atoms with E-state index >= 15 is 0 Å². The highest BCUT2D eigenvalue weighted by molar-refractivity contribution is 5.50. The number of rotatable bonds is 11. The van der Waals surface area contributed by atoms with Gasteiger partial charge in [-0.15, -0.1) is 0 Å². The van der Waals surface area contributed by atoms with E-state index in [4.69, 9.17) is 9.47 Å². The van der Waals surface area contributed by atoms with Gasteiger partial charge in [0.05, 0.1) is 13.2 Å². The van der Waals surface area contributed by atoms with E-state index < -0.39 is 0 Å². The van der Waals surface area contributed by atoms with Crippen molar-refractivity contribution in [1.29, 1.82) is 0 Å². The summed E-state index contributed by atoms with van der Waals surface area (Å²) in [5.74, 6) is 0.759. The lowest BCUT2D eigenvalue weighted by atomic mass is 10.1. The number of ether oxygens (including phenoxy) is 2. The van der Waals surface area contributed by atoms with Crippen LogP contribution in [0.15, 0.2) is 36.1 Å². The van der Waals surface area contributed by atoms with Gasteiger partial charge >= 0.3 is 0 Å². The first kappa shape index (κ1) is 17.6. The van der Waals surface area contributed by atoms with E-state index in [1.165, 1.54) is 12.8 Å². The summed E-state index contributed by atoms with van der Waals surface area (Å²) in [6.07, 6.45) is 10.7. The first-order valence-corrected chi connectivity index (χ1v) is 6.85. The number of hydrogen-bond acceptors (Lipinski definition) is 3. The van der Waals surface area contributed by atoms with Crippen molar-refractivity contribution in [2.75, 3.05) is 13.7 Å². The Balaban J connectivity index is 4.51. The third-order valence-electron chi connectivity index (χ3n) is 2.72. The molecule has 0 bridgehead atoms. The fourth-order valence-electron chi connectivity index (χ4n) is 1.61. The molecule has 0 aliphatic heterocycles. The molecule has 3 nitrogen and oxygen atoms in total. The largest absolute Gasteiger partial charge is 0.497 e. The number of carbonyl (C=O) groups excluding carboxylic acids is 1. The minimum atomic E-state index is -0.139. The highest BCUT2D eigenvalue weighted by Crippen LogP contribution is 2.14. The monoisotopic (exact) mass is 266 g/mol. The topological polar surface area (TPSA) is 35.5 Å². The molecule has 0 radical (unpaired) electrons. The van der Waals surface area contributed by atoms with Gasteiger partial charge < -0.3 is 14.3 Å². The van der Waals surface area contributed by atoms with Gasteiger partial charge in [-0.1, -0.05) is 39.3 Å². The van der Waals surface area contributed by atoms with Gasteiger partial charge in [0.1, 0.15) is 18.7 Å². The number of aldehydes is 1. The lowest BCUT2D eigenvalue weighted by Gasteiger charge is -2.15. The van der Waals surface area contributed by atoms with Crippen LogP contribution in [0.2, 0.25) is 0 Å². The molecule has 19 heavy (non-hydrogen) atoms. The number of methoxy groups -OCH3 is 1. The molecule has 0 N–H and O–H groups in total. The SMILES string of the molecule is C=C(/C=C(\C=C/CCCC)OC)C(CC)OCC=O. The lowest BCUT2D eigenvalue weighted by Crippen LogP contribution is -2.14. The van der Waals surface area contributed by atoms with Gasteiger partial charge in [0.2, 0.25) is 0 Å². The molecule has 0 spiro atoms. The Morgan fingerprint density at radius 3 is 2.63 bits per heavy atom. The summed E-state index contributed by atoms with van der Waals surface area (Å²) in [6.45, 7) is 8.24. The van der Waals surface area contributed by atoms with Crippen molar-refractivity contribution >= 4 is 6.29 Å². The fourth-order valence-corrected chi connectivity index (χ4v) is 1.61. The first-order valence-electron chi connectivity index (χ1n) is 6.85. The van der Waals surface area contributed by atoms with Crippen molar-refractivity contribution < 1.29 is 14.3 Å². The molecule has 3 heteroatoms. The predicted molar refractivity (Wildman–Crippen MR) is 79.0 cm³/mol. The summed E-state index contributed by atoms with van der Waals surface area (Å²) >= 11 is 0. The molecule has 0 aromatic carbocycles. The Labute approximate surface area is 117 Å². The van der Waals surface area contributed by atoms with Gasteiger partial charge in [0.15, 0.2) is 0 Å². The molecule has 1 unspecified atom stereocenters. The third kappa shape index (κ3) is 8.38. The van der Waals surface area contributed by atoms with E-state index in [2.05, 4.69) is 19.6 Å². The average molecular weight is 266 g/mol. The van der Waals surface area contributed by atoms with Crippen LogP contribution < -0.4 is 0 Å². The van der Waals surface area contributed by atoms with Crippen LogP contribution in [0.25, 0.3) is 0 Å². The Hall–Kier alpha value is -1.35. The Kier molecular flexibility index (Phi) is 10.9. The van der Waals surface area contributed by atoms with Crippen LogP contribution in [0, 0.1) is 0 Å². The molecule has 0 aromatic rings. The highest BCUT2D eigenvalue weighted by Gasteiger charge is 2.09. The summed E-state index contributed by atoms with van der Waals surface area (Å²) in [5.41, 5.74) is 0.821. The fraction of sp³-hybridized carbons (Fsp3) is 0.562. The summed E-state index contributed by atoms with van der Waals surface area (Å²) < 4.78 is 10.7. The molecule has 0 saturated carbocycles. The van der Waals surface area contributed by atoms with Gasteiger partial charge in [-0.2, -0.15) is 0 Å². The Bertz CT molecular complexity index is 316. The van der Waals surface area contributed by atoms with E-state index in [1.54, 1.807) is 7.11 Å². The Morgan fingerprint density at radius 2 is 2.11 bits per heavy atom.